The minimum absolute atomic E-state index is 0. The number of hydrogen-bond donors (Lipinski definition) is 1. The number of ether oxygens (including phenoxy) is 1. The molecule has 1 aliphatic heterocycles. The van der Waals surface area contributed by atoms with E-state index >= 15 is 0 Å². The summed E-state index contributed by atoms with van der Waals surface area (Å²) in [5, 5.41) is 10.9. The van der Waals surface area contributed by atoms with E-state index in [1.165, 1.54) is 17.5 Å². The topological polar surface area (TPSA) is 116 Å². The highest BCUT2D eigenvalue weighted by Crippen LogP contribution is 2.35. The molecular weight excluding hydrogens is 394 g/mol. The first-order valence-corrected chi connectivity index (χ1v) is 9.41. The number of hydrogen-bond acceptors (Lipinski definition) is 6. The summed E-state index contributed by atoms with van der Waals surface area (Å²) < 4.78 is 32.5. The van der Waals surface area contributed by atoms with E-state index in [0.29, 0.717) is 0 Å². The molecule has 0 amide bonds. The molecule has 0 saturated carbocycles. The number of nitro groups is 1. The Labute approximate surface area is 163 Å². The quantitative estimate of drug-likeness (QED) is 0.593. The van der Waals surface area contributed by atoms with E-state index in [0.717, 1.165) is 17.7 Å². The molecule has 1 fully saturated rings. The summed E-state index contributed by atoms with van der Waals surface area (Å²) in [6.45, 7) is 0.412. The molecule has 146 valence electrons. The molecule has 0 spiro atoms. The summed E-state index contributed by atoms with van der Waals surface area (Å²) in [5.41, 5.74) is 6.93. The average Bonchev–Trinajstić information content (AvgIpc) is 3.04. The van der Waals surface area contributed by atoms with Crippen LogP contribution in [0.2, 0.25) is 0 Å². The van der Waals surface area contributed by atoms with Crippen LogP contribution in [0.5, 0.6) is 5.75 Å². The van der Waals surface area contributed by atoms with Gasteiger partial charge in [0.2, 0.25) is 10.0 Å². The third-order valence-electron chi connectivity index (χ3n) is 4.54. The summed E-state index contributed by atoms with van der Waals surface area (Å²) in [4.78, 5) is 10.2. The first-order chi connectivity index (χ1) is 12.3. The third-order valence-corrected chi connectivity index (χ3v) is 6.41. The molecule has 8 nitrogen and oxygen atoms in total. The molecule has 0 bridgehead atoms. The van der Waals surface area contributed by atoms with Gasteiger partial charge in [-0.3, -0.25) is 10.1 Å². The normalized spacial score (nSPS) is 20.1. The van der Waals surface area contributed by atoms with Crippen LogP contribution in [-0.4, -0.2) is 43.9 Å². The Morgan fingerprint density at radius 3 is 2.44 bits per heavy atom. The van der Waals surface area contributed by atoms with Crippen LogP contribution < -0.4 is 10.5 Å². The predicted octanol–water partition coefficient (Wildman–Crippen LogP) is 2.14. The number of rotatable bonds is 5. The molecule has 0 aliphatic carbocycles. The van der Waals surface area contributed by atoms with Crippen molar-refractivity contribution in [1.29, 1.82) is 0 Å². The van der Waals surface area contributed by atoms with Gasteiger partial charge in [-0.1, -0.05) is 30.3 Å². The maximum Gasteiger partial charge on any atom is 0.273 e. The van der Waals surface area contributed by atoms with E-state index in [1.807, 2.05) is 30.3 Å². The van der Waals surface area contributed by atoms with Crippen LogP contribution in [0.3, 0.4) is 0 Å². The molecule has 3 rings (SSSR count). The van der Waals surface area contributed by atoms with Gasteiger partial charge in [-0.05, 0) is 11.6 Å². The number of methoxy groups -OCH3 is 1. The van der Waals surface area contributed by atoms with Crippen LogP contribution >= 0.6 is 12.4 Å². The number of nitro benzene ring substituents is 1. The van der Waals surface area contributed by atoms with Crippen molar-refractivity contribution in [2.45, 2.75) is 16.9 Å². The Morgan fingerprint density at radius 1 is 1.19 bits per heavy atom. The van der Waals surface area contributed by atoms with Gasteiger partial charge in [0.15, 0.2) is 0 Å². The van der Waals surface area contributed by atoms with E-state index < -0.39 is 14.9 Å². The monoisotopic (exact) mass is 413 g/mol. The third kappa shape index (κ3) is 4.06. The summed E-state index contributed by atoms with van der Waals surface area (Å²) in [6, 6.07) is 12.6. The number of sulfonamides is 1. The molecule has 2 atom stereocenters. The lowest BCUT2D eigenvalue weighted by Gasteiger charge is -2.18. The van der Waals surface area contributed by atoms with E-state index in [4.69, 9.17) is 10.5 Å². The lowest BCUT2D eigenvalue weighted by molar-refractivity contribution is -0.385. The van der Waals surface area contributed by atoms with Gasteiger partial charge >= 0.3 is 0 Å². The van der Waals surface area contributed by atoms with Gasteiger partial charge < -0.3 is 10.5 Å². The second-order valence-electron chi connectivity index (χ2n) is 6.10. The molecule has 27 heavy (non-hydrogen) atoms. The summed E-state index contributed by atoms with van der Waals surface area (Å²) in [5.74, 6) is -0.175. The largest absolute Gasteiger partial charge is 0.495 e. The maximum atomic E-state index is 13.0. The Bertz CT molecular complexity index is 923. The summed E-state index contributed by atoms with van der Waals surface area (Å²) >= 11 is 0. The molecule has 2 N–H and O–H groups in total. The standard InChI is InChI=1S/C17H19N3O5S.ClH/c1-25-16-9-13(20(21)22)7-8-17(16)26(23,24)19-10-14(15(18)11-19)12-5-3-2-4-6-12;/h2-9,14-15H,10-11,18H2,1H3;1H/t14-,15+;/m0./s1. The number of non-ortho nitro benzene ring substituents is 1. The van der Waals surface area contributed by atoms with E-state index in [1.54, 1.807) is 0 Å². The first kappa shape index (κ1) is 21.1. The van der Waals surface area contributed by atoms with Gasteiger partial charge in [0.05, 0.1) is 18.1 Å². The lowest BCUT2D eigenvalue weighted by atomic mass is 9.95. The molecule has 1 heterocycles. The van der Waals surface area contributed by atoms with E-state index in [9.17, 15) is 18.5 Å². The highest BCUT2D eigenvalue weighted by molar-refractivity contribution is 7.89. The van der Waals surface area contributed by atoms with Crippen molar-refractivity contribution in [2.24, 2.45) is 5.73 Å². The van der Waals surface area contributed by atoms with Gasteiger partial charge in [-0.15, -0.1) is 12.4 Å². The van der Waals surface area contributed by atoms with Crippen LogP contribution in [0.1, 0.15) is 11.5 Å². The zero-order valence-corrected chi connectivity index (χ0v) is 16.2. The van der Waals surface area contributed by atoms with Crippen molar-refractivity contribution in [2.75, 3.05) is 20.2 Å². The fourth-order valence-corrected chi connectivity index (χ4v) is 4.80. The van der Waals surface area contributed by atoms with Crippen molar-refractivity contribution in [3.05, 3.63) is 64.2 Å². The fraction of sp³-hybridized carbons (Fsp3) is 0.294. The Hall–Kier alpha value is -2.20. The van der Waals surface area contributed by atoms with E-state index in [2.05, 4.69) is 0 Å². The second kappa shape index (κ2) is 8.22. The van der Waals surface area contributed by atoms with Crippen LogP contribution in [-0.2, 0) is 10.0 Å². The van der Waals surface area contributed by atoms with Crippen LogP contribution in [0.4, 0.5) is 5.69 Å². The molecular formula is C17H20ClN3O5S. The van der Waals surface area contributed by atoms with Crippen LogP contribution in [0.15, 0.2) is 53.4 Å². The zero-order chi connectivity index (χ0) is 18.9. The summed E-state index contributed by atoms with van der Waals surface area (Å²) in [7, 11) is -2.61. The molecule has 1 saturated heterocycles. The lowest BCUT2D eigenvalue weighted by Crippen LogP contribution is -2.32. The average molecular weight is 414 g/mol. The number of nitrogens with two attached hydrogens (primary N) is 1. The van der Waals surface area contributed by atoms with Crippen molar-refractivity contribution in [3.8, 4) is 5.75 Å². The minimum Gasteiger partial charge on any atom is -0.495 e. The number of benzene rings is 2. The SMILES string of the molecule is COc1cc([N+](=O)[O-])ccc1S(=O)(=O)N1C[C@@H](N)[C@H](c2ccccc2)C1.Cl. The van der Waals surface area contributed by atoms with Crippen molar-refractivity contribution in [3.63, 3.8) is 0 Å². The second-order valence-corrected chi connectivity index (χ2v) is 8.00. The predicted molar refractivity (Wildman–Crippen MR) is 103 cm³/mol. The molecule has 0 unspecified atom stereocenters. The smallest absolute Gasteiger partial charge is 0.273 e. The minimum atomic E-state index is -3.89. The molecule has 2 aromatic carbocycles. The molecule has 0 aromatic heterocycles. The van der Waals surface area contributed by atoms with Gasteiger partial charge in [-0.2, -0.15) is 4.31 Å². The maximum absolute atomic E-state index is 13.0. The zero-order valence-electron chi connectivity index (χ0n) is 14.5. The number of halogens is 1. The van der Waals surface area contributed by atoms with Crippen molar-refractivity contribution >= 4 is 28.1 Å². The van der Waals surface area contributed by atoms with Crippen LogP contribution in [0.25, 0.3) is 0 Å². The first-order valence-electron chi connectivity index (χ1n) is 7.97. The Balaban J connectivity index is 0.00000261. The molecule has 1 aliphatic rings. The molecule has 2 aromatic rings. The van der Waals surface area contributed by atoms with Crippen LogP contribution in [0, 0.1) is 10.1 Å². The van der Waals surface area contributed by atoms with Gasteiger partial charge in [-0.25, -0.2) is 8.42 Å². The highest BCUT2D eigenvalue weighted by Gasteiger charge is 2.39. The van der Waals surface area contributed by atoms with Gasteiger partial charge in [0, 0.05) is 31.1 Å². The number of nitrogens with zero attached hydrogens (tertiary/aromatic N) is 2. The Kier molecular flexibility index (Phi) is 6.42. The van der Waals surface area contributed by atoms with Crippen molar-refractivity contribution in [1.82, 2.24) is 4.31 Å². The van der Waals surface area contributed by atoms with Gasteiger partial charge in [0.1, 0.15) is 10.6 Å². The summed E-state index contributed by atoms with van der Waals surface area (Å²) in [6.07, 6.45) is 0. The van der Waals surface area contributed by atoms with E-state index in [-0.39, 0.29) is 53.8 Å². The molecule has 0 radical (unpaired) electrons. The Morgan fingerprint density at radius 2 is 1.85 bits per heavy atom. The highest BCUT2D eigenvalue weighted by atomic mass is 35.5. The van der Waals surface area contributed by atoms with Gasteiger partial charge in [0.25, 0.3) is 5.69 Å². The van der Waals surface area contributed by atoms with Crippen molar-refractivity contribution < 1.29 is 18.1 Å². The fourth-order valence-electron chi connectivity index (χ4n) is 3.16. The molecule has 10 heteroatoms.